The molecule has 0 aromatic carbocycles. The second-order valence-electron chi connectivity index (χ2n) is 5.11. The van der Waals surface area contributed by atoms with Crippen molar-refractivity contribution in [2.45, 2.75) is 42.7 Å². The van der Waals surface area contributed by atoms with Gasteiger partial charge in [-0.15, -0.1) is 5.10 Å². The summed E-state index contributed by atoms with van der Waals surface area (Å²) in [7, 11) is 0. The van der Waals surface area contributed by atoms with Crippen molar-refractivity contribution in [1.29, 1.82) is 0 Å². The lowest BCUT2D eigenvalue weighted by atomic mass is 9.84. The van der Waals surface area contributed by atoms with Crippen molar-refractivity contribution in [1.82, 2.24) is 15.0 Å². The molecule has 0 N–H and O–H groups in total. The average Bonchev–Trinajstić information content (AvgIpc) is 2.88. The van der Waals surface area contributed by atoms with E-state index in [4.69, 9.17) is 9.47 Å². The van der Waals surface area contributed by atoms with E-state index in [0.717, 1.165) is 56.5 Å². The summed E-state index contributed by atoms with van der Waals surface area (Å²) in [6.07, 6.45) is 6.10. The summed E-state index contributed by atoms with van der Waals surface area (Å²) in [6.45, 7) is 2.45. The molecule has 1 aromatic heterocycles. The second kappa shape index (κ2) is 5.27. The fourth-order valence-corrected chi connectivity index (χ4v) is 3.13. The molecule has 2 aliphatic rings. The van der Waals surface area contributed by atoms with Crippen molar-refractivity contribution in [3.8, 4) is 0 Å². The zero-order valence-electron chi connectivity index (χ0n) is 10.3. The van der Waals surface area contributed by atoms with Gasteiger partial charge in [-0.05, 0) is 25.7 Å². The molecule has 1 unspecified atom stereocenters. The van der Waals surface area contributed by atoms with Crippen LogP contribution in [0.3, 0.4) is 0 Å². The highest BCUT2D eigenvalue weighted by Crippen LogP contribution is 2.38. The van der Waals surface area contributed by atoms with Crippen LogP contribution in [0.4, 0.5) is 0 Å². The van der Waals surface area contributed by atoms with E-state index in [2.05, 4.69) is 26.2 Å². The van der Waals surface area contributed by atoms with E-state index < -0.39 is 0 Å². The Labute approximate surface area is 115 Å². The Bertz CT molecular complexity index is 398. The molecule has 1 spiro atoms. The number of halogens is 1. The number of nitrogens with zero attached hydrogens (tertiary/aromatic N) is 3. The molecule has 6 heteroatoms. The molecule has 1 aromatic rings. The molecule has 2 saturated heterocycles. The van der Waals surface area contributed by atoms with E-state index in [9.17, 15) is 0 Å². The first-order valence-corrected chi connectivity index (χ1v) is 7.62. The summed E-state index contributed by atoms with van der Waals surface area (Å²) in [5, 5.41) is 9.14. The molecule has 0 aliphatic carbocycles. The van der Waals surface area contributed by atoms with Gasteiger partial charge < -0.3 is 9.47 Å². The van der Waals surface area contributed by atoms with Gasteiger partial charge in [0.2, 0.25) is 0 Å². The van der Waals surface area contributed by atoms with Gasteiger partial charge in [0, 0.05) is 31.3 Å². The fraction of sp³-hybridized carbons (Fsp3) is 0.833. The van der Waals surface area contributed by atoms with E-state index in [1.54, 1.807) is 0 Å². The average molecular weight is 316 g/mol. The predicted octanol–water partition coefficient (Wildman–Crippen LogP) is 2.07. The van der Waals surface area contributed by atoms with Gasteiger partial charge in [0.25, 0.3) is 0 Å². The summed E-state index contributed by atoms with van der Waals surface area (Å²) < 4.78 is 13.5. The minimum atomic E-state index is 0.0156. The van der Waals surface area contributed by atoms with E-state index in [1.165, 1.54) is 0 Å². The Morgan fingerprint density at radius 2 is 2.22 bits per heavy atom. The Balaban J connectivity index is 1.73. The zero-order chi connectivity index (χ0) is 12.4. The van der Waals surface area contributed by atoms with Gasteiger partial charge in [-0.2, -0.15) is 0 Å². The van der Waals surface area contributed by atoms with Crippen molar-refractivity contribution >= 4 is 15.9 Å². The first-order valence-electron chi connectivity index (χ1n) is 6.50. The third-order valence-electron chi connectivity index (χ3n) is 3.94. The molecule has 0 bridgehead atoms. The summed E-state index contributed by atoms with van der Waals surface area (Å²) in [5.74, 6) is 0. The predicted molar refractivity (Wildman–Crippen MR) is 69.7 cm³/mol. The third-order valence-corrected chi connectivity index (χ3v) is 4.51. The van der Waals surface area contributed by atoms with Crippen LogP contribution in [0.2, 0.25) is 0 Å². The number of rotatable bonds is 2. The van der Waals surface area contributed by atoms with Crippen LogP contribution in [0.25, 0.3) is 0 Å². The van der Waals surface area contributed by atoms with E-state index in [-0.39, 0.29) is 5.60 Å². The number of aromatic nitrogens is 3. The third kappa shape index (κ3) is 2.46. The summed E-state index contributed by atoms with van der Waals surface area (Å²) in [5.41, 5.74) is 1.00. The summed E-state index contributed by atoms with van der Waals surface area (Å²) in [4.78, 5) is 0. The molecule has 2 fully saturated rings. The highest BCUT2D eigenvalue weighted by Gasteiger charge is 2.39. The molecule has 18 heavy (non-hydrogen) atoms. The fourth-order valence-electron chi connectivity index (χ4n) is 2.87. The van der Waals surface area contributed by atoms with Crippen LogP contribution < -0.4 is 0 Å². The minimum Gasteiger partial charge on any atom is -0.381 e. The monoisotopic (exact) mass is 315 g/mol. The van der Waals surface area contributed by atoms with Gasteiger partial charge in [0.05, 0.1) is 17.3 Å². The smallest absolute Gasteiger partial charge is 0.0932 e. The maximum absolute atomic E-state index is 6.04. The SMILES string of the molecule is BrCc1cn(C2CCOC3(CCOCC3)C2)nn1. The number of hydrogen-bond acceptors (Lipinski definition) is 4. The van der Waals surface area contributed by atoms with Crippen LogP contribution >= 0.6 is 15.9 Å². The summed E-state index contributed by atoms with van der Waals surface area (Å²) >= 11 is 3.41. The lowest BCUT2D eigenvalue weighted by Crippen LogP contribution is -2.44. The topological polar surface area (TPSA) is 49.2 Å². The van der Waals surface area contributed by atoms with Crippen molar-refractivity contribution in [2.75, 3.05) is 19.8 Å². The van der Waals surface area contributed by atoms with Crippen LogP contribution in [0.5, 0.6) is 0 Å². The Kier molecular flexibility index (Phi) is 3.68. The lowest BCUT2D eigenvalue weighted by Gasteiger charge is -2.43. The van der Waals surface area contributed by atoms with Gasteiger partial charge in [-0.3, -0.25) is 0 Å². The van der Waals surface area contributed by atoms with Crippen LogP contribution in [0.1, 0.15) is 37.4 Å². The van der Waals surface area contributed by atoms with Crippen LogP contribution in [-0.4, -0.2) is 40.4 Å². The normalized spacial score (nSPS) is 27.5. The Morgan fingerprint density at radius 3 is 2.94 bits per heavy atom. The molecule has 0 amide bonds. The molecular weight excluding hydrogens is 298 g/mol. The first-order chi connectivity index (χ1) is 8.81. The van der Waals surface area contributed by atoms with E-state index in [0.29, 0.717) is 6.04 Å². The number of ether oxygens (including phenoxy) is 2. The molecule has 0 saturated carbocycles. The zero-order valence-corrected chi connectivity index (χ0v) is 11.9. The van der Waals surface area contributed by atoms with Gasteiger partial charge in [0.15, 0.2) is 0 Å². The molecule has 2 aliphatic heterocycles. The van der Waals surface area contributed by atoms with Crippen molar-refractivity contribution in [2.24, 2.45) is 0 Å². The molecule has 100 valence electrons. The van der Waals surface area contributed by atoms with Crippen LogP contribution in [-0.2, 0) is 14.8 Å². The van der Waals surface area contributed by atoms with Gasteiger partial charge in [0.1, 0.15) is 0 Å². The molecule has 3 heterocycles. The van der Waals surface area contributed by atoms with Gasteiger partial charge in [-0.25, -0.2) is 4.68 Å². The maximum atomic E-state index is 6.04. The molecule has 0 radical (unpaired) electrons. The Hall–Kier alpha value is -0.460. The quantitative estimate of drug-likeness (QED) is 0.784. The van der Waals surface area contributed by atoms with E-state index >= 15 is 0 Å². The lowest BCUT2D eigenvalue weighted by molar-refractivity contribution is -0.145. The summed E-state index contributed by atoms with van der Waals surface area (Å²) in [6, 6.07) is 0.414. The van der Waals surface area contributed by atoms with Crippen LogP contribution in [0, 0.1) is 0 Å². The molecule has 1 atom stereocenters. The van der Waals surface area contributed by atoms with E-state index in [1.807, 2.05) is 10.9 Å². The number of hydrogen-bond donors (Lipinski definition) is 0. The highest BCUT2D eigenvalue weighted by molar-refractivity contribution is 9.08. The molecule has 5 nitrogen and oxygen atoms in total. The maximum Gasteiger partial charge on any atom is 0.0932 e. The second-order valence-corrected chi connectivity index (χ2v) is 5.67. The van der Waals surface area contributed by atoms with Crippen LogP contribution in [0.15, 0.2) is 6.20 Å². The number of alkyl halides is 1. The Morgan fingerprint density at radius 1 is 1.39 bits per heavy atom. The standard InChI is InChI=1S/C12H18BrN3O2/c13-8-10-9-16(15-14-10)11-1-4-18-12(7-11)2-5-17-6-3-12/h9,11H,1-8H2. The minimum absolute atomic E-state index is 0.0156. The van der Waals surface area contributed by atoms with Crippen molar-refractivity contribution in [3.63, 3.8) is 0 Å². The van der Waals surface area contributed by atoms with Crippen molar-refractivity contribution < 1.29 is 9.47 Å². The molecular formula is C12H18BrN3O2. The first kappa shape index (κ1) is 12.6. The van der Waals surface area contributed by atoms with Crippen molar-refractivity contribution in [3.05, 3.63) is 11.9 Å². The highest BCUT2D eigenvalue weighted by atomic mass is 79.9. The largest absolute Gasteiger partial charge is 0.381 e. The van der Waals surface area contributed by atoms with Gasteiger partial charge >= 0.3 is 0 Å². The van der Waals surface area contributed by atoms with Gasteiger partial charge in [-0.1, -0.05) is 21.1 Å². The molecule has 3 rings (SSSR count).